The molecule has 0 N–H and O–H groups in total. The molecule has 15 heavy (non-hydrogen) atoms. The minimum atomic E-state index is 1.11. The fourth-order valence-electron chi connectivity index (χ4n) is 1.27. The molecule has 0 heterocycles. The standard InChI is InChI=1S/C8H10P.C5H11.Lu/c9-7-6-8-4-2-1-3-5-8;1-3-5-4-2;/h1-5,9H,6-7H2;1,3-5H2,2H3;/q-1;;+1. The molecule has 0 fully saturated rings. The van der Waals surface area contributed by atoms with E-state index in [0.717, 1.165) is 32.3 Å². The van der Waals surface area contributed by atoms with Crippen LogP contribution in [0.15, 0.2) is 30.3 Å². The van der Waals surface area contributed by atoms with Crippen LogP contribution in [0.1, 0.15) is 31.7 Å². The van der Waals surface area contributed by atoms with Gasteiger partial charge in [-0.15, -0.1) is 0 Å². The van der Waals surface area contributed by atoms with Crippen molar-refractivity contribution in [1.29, 1.82) is 0 Å². The molecular weight excluding hydrogens is 362 g/mol. The summed E-state index contributed by atoms with van der Waals surface area (Å²) >= 11 is 1.11. The van der Waals surface area contributed by atoms with Gasteiger partial charge in [0.05, 0.1) is 0 Å². The molecule has 0 aliphatic heterocycles. The summed E-state index contributed by atoms with van der Waals surface area (Å²) < 4.78 is 2.70. The van der Waals surface area contributed by atoms with Crippen molar-refractivity contribution in [2.45, 2.75) is 35.2 Å². The molecule has 93 valence electrons. The second-order valence-corrected chi connectivity index (χ2v) is 8.71. The van der Waals surface area contributed by atoms with E-state index in [2.05, 4.69) is 37.3 Å². The zero-order valence-corrected chi connectivity index (χ0v) is 12.0. The summed E-state index contributed by atoms with van der Waals surface area (Å²) in [6.07, 6.45) is 6.93. The Morgan fingerprint density at radius 3 is 2.67 bits per heavy atom. The van der Waals surface area contributed by atoms with Crippen molar-refractivity contribution in [3.05, 3.63) is 35.9 Å². The van der Waals surface area contributed by atoms with E-state index in [1.165, 1.54) is 44.2 Å². The van der Waals surface area contributed by atoms with Crippen molar-refractivity contribution in [2.24, 2.45) is 0 Å². The summed E-state index contributed by atoms with van der Waals surface area (Å²) in [6.45, 7) is 2.28. The predicted molar refractivity (Wildman–Crippen MR) is 67.7 cm³/mol. The SMILES string of the molecule is CCCC[CH2][Lu][PH]CCc1ccccc1. The number of rotatable bonds is 8. The van der Waals surface area contributed by atoms with Gasteiger partial charge in [0.25, 0.3) is 0 Å². The first-order valence-corrected chi connectivity index (χ1v) is 10.3. The van der Waals surface area contributed by atoms with E-state index in [1.807, 2.05) is 0 Å². The van der Waals surface area contributed by atoms with E-state index in [0.29, 0.717) is 0 Å². The van der Waals surface area contributed by atoms with Crippen LogP contribution in [-0.4, -0.2) is 6.16 Å². The van der Waals surface area contributed by atoms with Crippen LogP contribution in [0.3, 0.4) is 0 Å². The summed E-state index contributed by atoms with van der Waals surface area (Å²) in [4.78, 5) is 0. The third kappa shape index (κ3) is 7.72. The van der Waals surface area contributed by atoms with E-state index in [-0.39, 0.29) is 0 Å². The number of unbranched alkanes of at least 4 members (excludes halogenated alkanes) is 2. The Labute approximate surface area is 113 Å². The molecule has 0 aromatic heterocycles. The minimum absolute atomic E-state index is 1.11. The monoisotopic (exact) mass is 383 g/mol. The number of benzene rings is 1. The van der Waals surface area contributed by atoms with Gasteiger partial charge in [-0.1, -0.05) is 0 Å². The maximum atomic E-state index is 2.28. The summed E-state index contributed by atoms with van der Waals surface area (Å²) in [5.74, 6) is 0. The van der Waals surface area contributed by atoms with Gasteiger partial charge >= 0.3 is 114 Å². The molecular formula is C13H21LuP. The van der Waals surface area contributed by atoms with Crippen LogP contribution < -0.4 is 0 Å². The number of hydrogen-bond acceptors (Lipinski definition) is 0. The molecule has 0 spiro atoms. The molecule has 0 aliphatic rings. The molecule has 0 saturated carbocycles. The first kappa shape index (κ1) is 13.9. The predicted octanol–water partition coefficient (Wildman–Crippen LogP) is 4.52. The topological polar surface area (TPSA) is 0 Å². The number of hydrogen-bond donors (Lipinski definition) is 0. The van der Waals surface area contributed by atoms with Gasteiger partial charge in [0.15, 0.2) is 0 Å². The Morgan fingerprint density at radius 2 is 1.93 bits per heavy atom. The van der Waals surface area contributed by atoms with Gasteiger partial charge in [0, 0.05) is 0 Å². The quantitative estimate of drug-likeness (QED) is 0.458. The Morgan fingerprint density at radius 1 is 1.13 bits per heavy atom. The van der Waals surface area contributed by atoms with Crippen molar-refractivity contribution in [2.75, 3.05) is 6.16 Å². The van der Waals surface area contributed by atoms with Gasteiger partial charge in [-0.05, 0) is 0 Å². The molecule has 1 atom stereocenters. The third-order valence-electron chi connectivity index (χ3n) is 2.14. The fourth-order valence-corrected chi connectivity index (χ4v) is 5.57. The second kappa shape index (κ2) is 10.1. The Kier molecular flexibility index (Phi) is 9.36. The zero-order valence-electron chi connectivity index (χ0n) is 9.39. The molecule has 1 unspecified atom stereocenters. The van der Waals surface area contributed by atoms with Crippen LogP contribution in [0.25, 0.3) is 0 Å². The zero-order chi connectivity index (χ0) is 10.8. The number of aryl methyl sites for hydroxylation is 1. The summed E-state index contributed by atoms with van der Waals surface area (Å²) in [6, 6.07) is 10.9. The molecule has 1 aromatic rings. The van der Waals surface area contributed by atoms with Crippen LogP contribution in [0.5, 0.6) is 0 Å². The van der Waals surface area contributed by atoms with Gasteiger partial charge in [-0.3, -0.25) is 0 Å². The maximum absolute atomic E-state index is 2.28. The molecule has 1 aromatic carbocycles. The fraction of sp³-hybridized carbons (Fsp3) is 0.538. The van der Waals surface area contributed by atoms with E-state index >= 15 is 0 Å². The third-order valence-corrected chi connectivity index (χ3v) is 7.10. The van der Waals surface area contributed by atoms with Crippen molar-refractivity contribution in [3.8, 4) is 0 Å². The molecule has 2 heteroatoms. The van der Waals surface area contributed by atoms with Crippen LogP contribution in [-0.2, 0) is 6.42 Å². The van der Waals surface area contributed by atoms with E-state index < -0.39 is 0 Å². The molecule has 0 nitrogen and oxygen atoms in total. The van der Waals surface area contributed by atoms with Crippen LogP contribution in [0, 0.1) is 32.3 Å². The first-order chi connectivity index (χ1) is 7.43. The van der Waals surface area contributed by atoms with Crippen molar-refractivity contribution in [1.82, 2.24) is 0 Å². The van der Waals surface area contributed by atoms with Crippen LogP contribution >= 0.6 is 4.14 Å². The molecule has 1 rings (SSSR count). The van der Waals surface area contributed by atoms with Gasteiger partial charge in [0.2, 0.25) is 0 Å². The Bertz CT molecular complexity index is 236. The van der Waals surface area contributed by atoms with Gasteiger partial charge in [-0.25, -0.2) is 0 Å². The average molecular weight is 383 g/mol. The summed E-state index contributed by atoms with van der Waals surface area (Å²) in [5.41, 5.74) is 1.51. The van der Waals surface area contributed by atoms with Crippen molar-refractivity contribution in [3.63, 3.8) is 0 Å². The molecule has 0 saturated heterocycles. The van der Waals surface area contributed by atoms with Crippen LogP contribution in [0.4, 0.5) is 0 Å². The van der Waals surface area contributed by atoms with Gasteiger partial charge in [0.1, 0.15) is 0 Å². The molecule has 0 bridgehead atoms. The van der Waals surface area contributed by atoms with E-state index in [4.69, 9.17) is 0 Å². The first-order valence-electron chi connectivity index (χ1n) is 5.64. The van der Waals surface area contributed by atoms with Crippen LogP contribution in [0.2, 0.25) is 2.64 Å². The normalized spacial score (nSPS) is 11.5. The van der Waals surface area contributed by atoms with E-state index in [1.54, 1.807) is 0 Å². The Hall–Kier alpha value is 0.884. The Balaban J connectivity index is 1.93. The van der Waals surface area contributed by atoms with Gasteiger partial charge < -0.3 is 0 Å². The summed E-state index contributed by atoms with van der Waals surface area (Å²) in [7, 11) is 0. The van der Waals surface area contributed by atoms with E-state index in [9.17, 15) is 0 Å². The molecule has 0 aliphatic carbocycles. The molecule has 0 amide bonds. The van der Waals surface area contributed by atoms with Crippen molar-refractivity contribution >= 4 is 4.14 Å². The van der Waals surface area contributed by atoms with Crippen molar-refractivity contribution < 1.29 is 32.3 Å². The second-order valence-electron chi connectivity index (χ2n) is 3.50. The van der Waals surface area contributed by atoms with Gasteiger partial charge in [-0.2, -0.15) is 0 Å². The molecule has 0 radical (unpaired) electrons. The average Bonchev–Trinajstić information content (AvgIpc) is 2.29. The summed E-state index contributed by atoms with van der Waals surface area (Å²) in [5, 5.41) is 0.